The van der Waals surface area contributed by atoms with Gasteiger partial charge in [-0.3, -0.25) is 4.79 Å². The van der Waals surface area contributed by atoms with Gasteiger partial charge in [-0.05, 0) is 24.3 Å². The van der Waals surface area contributed by atoms with Gasteiger partial charge < -0.3 is 15.6 Å². The average Bonchev–Trinajstić information content (AvgIpc) is 2.72. The Bertz CT molecular complexity index is 533. The van der Waals surface area contributed by atoms with Crippen LogP contribution < -0.4 is 11.1 Å². The summed E-state index contributed by atoms with van der Waals surface area (Å²) in [5, 5.41) is 2.78. The predicted molar refractivity (Wildman–Crippen MR) is 65.2 cm³/mol. The standard InChI is InChI=1S/C12H14N4O/c1-16-7-3-4-9(16)8-15-12(17)11-10(13)5-2-6-14-11/h2-7H,8,13H2,1H3,(H,15,17). The van der Waals surface area contributed by atoms with Gasteiger partial charge in [0.25, 0.3) is 5.91 Å². The number of amides is 1. The molecular formula is C12H14N4O. The van der Waals surface area contributed by atoms with E-state index in [1.165, 1.54) is 0 Å². The predicted octanol–water partition coefficient (Wildman–Crippen LogP) is 0.932. The largest absolute Gasteiger partial charge is 0.397 e. The van der Waals surface area contributed by atoms with Crippen LogP contribution in [0.25, 0.3) is 0 Å². The highest BCUT2D eigenvalue weighted by Gasteiger charge is 2.10. The van der Waals surface area contributed by atoms with Crippen molar-refractivity contribution in [2.45, 2.75) is 6.54 Å². The van der Waals surface area contributed by atoms with Gasteiger partial charge in [0.15, 0.2) is 5.69 Å². The Hall–Kier alpha value is -2.30. The molecule has 0 saturated carbocycles. The molecule has 0 saturated heterocycles. The van der Waals surface area contributed by atoms with Crippen LogP contribution in [0.4, 0.5) is 5.69 Å². The number of rotatable bonds is 3. The third-order valence-corrected chi connectivity index (χ3v) is 2.54. The molecule has 0 radical (unpaired) electrons. The van der Waals surface area contributed by atoms with E-state index in [9.17, 15) is 4.79 Å². The summed E-state index contributed by atoms with van der Waals surface area (Å²) < 4.78 is 1.95. The summed E-state index contributed by atoms with van der Waals surface area (Å²) in [6.45, 7) is 0.457. The van der Waals surface area contributed by atoms with E-state index >= 15 is 0 Å². The Labute approximate surface area is 99.3 Å². The highest BCUT2D eigenvalue weighted by atomic mass is 16.1. The second kappa shape index (κ2) is 4.69. The molecule has 0 fully saturated rings. The molecular weight excluding hydrogens is 216 g/mol. The van der Waals surface area contributed by atoms with Gasteiger partial charge in [0.1, 0.15) is 0 Å². The Kier molecular flexibility index (Phi) is 3.09. The summed E-state index contributed by atoms with van der Waals surface area (Å²) in [6, 6.07) is 7.23. The molecule has 2 aromatic heterocycles. The van der Waals surface area contributed by atoms with Gasteiger partial charge in [-0.2, -0.15) is 0 Å². The number of nitrogens with zero attached hydrogens (tertiary/aromatic N) is 2. The average molecular weight is 230 g/mol. The number of carbonyl (C=O) groups excluding carboxylic acids is 1. The first kappa shape index (κ1) is 11.2. The zero-order valence-electron chi connectivity index (χ0n) is 9.55. The molecule has 0 aliphatic carbocycles. The molecule has 2 rings (SSSR count). The molecule has 0 atom stereocenters. The molecule has 2 aromatic rings. The Balaban J connectivity index is 2.04. The lowest BCUT2D eigenvalue weighted by molar-refractivity contribution is 0.0946. The monoisotopic (exact) mass is 230 g/mol. The summed E-state index contributed by atoms with van der Waals surface area (Å²) in [5.74, 6) is -0.260. The first-order valence-corrected chi connectivity index (χ1v) is 5.27. The molecule has 0 aliphatic rings. The highest BCUT2D eigenvalue weighted by Crippen LogP contribution is 2.07. The van der Waals surface area contributed by atoms with Crippen LogP contribution in [0, 0.1) is 0 Å². The molecule has 0 aliphatic heterocycles. The molecule has 0 aromatic carbocycles. The normalized spacial score (nSPS) is 10.2. The van der Waals surface area contributed by atoms with Crippen LogP contribution in [-0.4, -0.2) is 15.5 Å². The molecule has 0 spiro atoms. The zero-order chi connectivity index (χ0) is 12.3. The van der Waals surface area contributed by atoms with Gasteiger partial charge >= 0.3 is 0 Å². The lowest BCUT2D eigenvalue weighted by Crippen LogP contribution is -2.25. The number of nitrogens with one attached hydrogen (secondary N) is 1. The molecule has 3 N–H and O–H groups in total. The van der Waals surface area contributed by atoms with Crippen LogP contribution in [-0.2, 0) is 13.6 Å². The second-order valence-corrected chi connectivity index (χ2v) is 3.73. The Morgan fingerprint density at radius 1 is 1.47 bits per heavy atom. The van der Waals surface area contributed by atoms with Gasteiger partial charge in [0.05, 0.1) is 12.2 Å². The van der Waals surface area contributed by atoms with Crippen LogP contribution in [0.3, 0.4) is 0 Å². The minimum atomic E-state index is -0.260. The number of nitrogen functional groups attached to an aromatic ring is 1. The van der Waals surface area contributed by atoms with E-state index in [1.807, 2.05) is 29.9 Å². The molecule has 5 heteroatoms. The van der Waals surface area contributed by atoms with E-state index in [-0.39, 0.29) is 11.6 Å². The van der Waals surface area contributed by atoms with Crippen molar-refractivity contribution in [2.24, 2.45) is 7.05 Å². The zero-order valence-corrected chi connectivity index (χ0v) is 9.55. The third kappa shape index (κ3) is 2.44. The van der Waals surface area contributed by atoms with Gasteiger partial charge in [0.2, 0.25) is 0 Å². The van der Waals surface area contributed by atoms with Gasteiger partial charge in [-0.1, -0.05) is 0 Å². The topological polar surface area (TPSA) is 72.9 Å². The van der Waals surface area contributed by atoms with Crippen molar-refractivity contribution in [2.75, 3.05) is 5.73 Å². The summed E-state index contributed by atoms with van der Waals surface area (Å²) >= 11 is 0. The minimum absolute atomic E-state index is 0.260. The van der Waals surface area contributed by atoms with E-state index in [2.05, 4.69) is 10.3 Å². The molecule has 1 amide bonds. The van der Waals surface area contributed by atoms with Crippen molar-refractivity contribution < 1.29 is 4.79 Å². The Morgan fingerprint density at radius 2 is 2.29 bits per heavy atom. The van der Waals surface area contributed by atoms with Crippen molar-refractivity contribution in [3.8, 4) is 0 Å². The minimum Gasteiger partial charge on any atom is -0.397 e. The smallest absolute Gasteiger partial charge is 0.272 e. The maximum Gasteiger partial charge on any atom is 0.272 e. The number of anilines is 1. The molecule has 0 unspecified atom stereocenters. The number of aryl methyl sites for hydroxylation is 1. The molecule has 0 bridgehead atoms. The fourth-order valence-corrected chi connectivity index (χ4v) is 1.54. The molecule has 88 valence electrons. The molecule has 17 heavy (non-hydrogen) atoms. The molecule has 5 nitrogen and oxygen atoms in total. The SMILES string of the molecule is Cn1cccc1CNC(=O)c1ncccc1N. The summed E-state index contributed by atoms with van der Waals surface area (Å²) in [5.41, 5.74) is 7.34. The number of aromatic nitrogens is 2. The van der Waals surface area contributed by atoms with Gasteiger partial charge in [-0.15, -0.1) is 0 Å². The van der Waals surface area contributed by atoms with Crippen molar-refractivity contribution in [1.29, 1.82) is 0 Å². The highest BCUT2D eigenvalue weighted by molar-refractivity contribution is 5.96. The van der Waals surface area contributed by atoms with Gasteiger partial charge in [-0.25, -0.2) is 4.98 Å². The number of hydrogen-bond acceptors (Lipinski definition) is 3. The van der Waals surface area contributed by atoms with E-state index < -0.39 is 0 Å². The summed E-state index contributed by atoms with van der Waals surface area (Å²) in [7, 11) is 1.93. The lowest BCUT2D eigenvalue weighted by atomic mass is 10.3. The first-order chi connectivity index (χ1) is 8.18. The van der Waals surface area contributed by atoms with E-state index in [0.29, 0.717) is 12.2 Å². The lowest BCUT2D eigenvalue weighted by Gasteiger charge is -2.07. The van der Waals surface area contributed by atoms with Crippen LogP contribution in [0.15, 0.2) is 36.7 Å². The first-order valence-electron chi connectivity index (χ1n) is 5.27. The van der Waals surface area contributed by atoms with E-state index in [1.54, 1.807) is 18.3 Å². The number of hydrogen-bond donors (Lipinski definition) is 2. The second-order valence-electron chi connectivity index (χ2n) is 3.73. The maximum absolute atomic E-state index is 11.8. The number of pyridine rings is 1. The van der Waals surface area contributed by atoms with Crippen molar-refractivity contribution in [1.82, 2.24) is 14.9 Å². The van der Waals surface area contributed by atoms with E-state index in [4.69, 9.17) is 5.73 Å². The van der Waals surface area contributed by atoms with Crippen molar-refractivity contribution in [3.05, 3.63) is 48.0 Å². The van der Waals surface area contributed by atoms with Crippen LogP contribution in [0.5, 0.6) is 0 Å². The van der Waals surface area contributed by atoms with Crippen molar-refractivity contribution in [3.63, 3.8) is 0 Å². The molecule has 2 heterocycles. The number of carbonyl (C=O) groups is 1. The van der Waals surface area contributed by atoms with E-state index in [0.717, 1.165) is 5.69 Å². The maximum atomic E-state index is 11.8. The van der Waals surface area contributed by atoms with Crippen LogP contribution in [0.2, 0.25) is 0 Å². The number of nitrogens with two attached hydrogens (primary N) is 1. The summed E-state index contributed by atoms with van der Waals surface area (Å²) in [4.78, 5) is 15.8. The fraction of sp³-hybridized carbons (Fsp3) is 0.167. The van der Waals surface area contributed by atoms with Crippen LogP contribution in [0.1, 0.15) is 16.2 Å². The quantitative estimate of drug-likeness (QED) is 0.824. The fourth-order valence-electron chi connectivity index (χ4n) is 1.54. The van der Waals surface area contributed by atoms with Crippen LogP contribution >= 0.6 is 0 Å². The summed E-state index contributed by atoms with van der Waals surface area (Å²) in [6.07, 6.45) is 3.48. The van der Waals surface area contributed by atoms with Gasteiger partial charge in [0, 0.05) is 25.1 Å². The van der Waals surface area contributed by atoms with Crippen molar-refractivity contribution >= 4 is 11.6 Å². The third-order valence-electron chi connectivity index (χ3n) is 2.54. The Morgan fingerprint density at radius 3 is 2.94 bits per heavy atom.